The van der Waals surface area contributed by atoms with E-state index in [2.05, 4.69) is 24.4 Å². The molecular weight excluding hydrogens is 253 g/mol. The van der Waals surface area contributed by atoms with Crippen LogP contribution in [-0.4, -0.2) is 12.5 Å². The molecule has 1 amide bonds. The van der Waals surface area contributed by atoms with Crippen LogP contribution in [0.4, 0.5) is 4.39 Å². The summed E-state index contributed by atoms with van der Waals surface area (Å²) in [6.07, 6.45) is 0.824. The fourth-order valence-electron chi connectivity index (χ4n) is 2.09. The van der Waals surface area contributed by atoms with Crippen molar-refractivity contribution in [2.45, 2.75) is 19.3 Å². The molecule has 0 heterocycles. The van der Waals surface area contributed by atoms with Crippen LogP contribution in [0.2, 0.25) is 0 Å². The van der Waals surface area contributed by atoms with Crippen molar-refractivity contribution in [1.29, 1.82) is 0 Å². The Morgan fingerprint density at radius 2 is 1.75 bits per heavy atom. The summed E-state index contributed by atoms with van der Waals surface area (Å²) in [5.74, 6) is -0.485. The number of nitrogens with one attached hydrogen (secondary N) is 1. The fourth-order valence-corrected chi connectivity index (χ4v) is 2.09. The first-order valence-corrected chi connectivity index (χ1v) is 6.76. The normalized spacial score (nSPS) is 11.9. The SMILES string of the molecule is CC(CCNC(=O)c1ccccc1F)c1ccccc1. The molecule has 0 aliphatic rings. The van der Waals surface area contributed by atoms with Gasteiger partial charge in [-0.2, -0.15) is 0 Å². The third kappa shape index (κ3) is 3.67. The standard InChI is InChI=1S/C17H18FNO/c1-13(14-7-3-2-4-8-14)11-12-19-17(20)15-9-5-6-10-16(15)18/h2-10,13H,11-12H2,1H3,(H,19,20). The lowest BCUT2D eigenvalue weighted by molar-refractivity contribution is 0.0948. The van der Waals surface area contributed by atoms with Gasteiger partial charge in [0, 0.05) is 6.54 Å². The van der Waals surface area contributed by atoms with E-state index in [9.17, 15) is 9.18 Å². The minimum absolute atomic E-state index is 0.0971. The third-order valence-corrected chi connectivity index (χ3v) is 3.35. The summed E-state index contributed by atoms with van der Waals surface area (Å²) in [4.78, 5) is 11.8. The zero-order chi connectivity index (χ0) is 14.4. The van der Waals surface area contributed by atoms with Gasteiger partial charge in [-0.05, 0) is 30.0 Å². The molecule has 0 fully saturated rings. The minimum atomic E-state index is -0.485. The quantitative estimate of drug-likeness (QED) is 0.881. The molecule has 0 bridgehead atoms. The zero-order valence-electron chi connectivity index (χ0n) is 11.5. The number of carbonyl (C=O) groups is 1. The van der Waals surface area contributed by atoms with E-state index in [0.29, 0.717) is 12.5 Å². The predicted molar refractivity (Wildman–Crippen MR) is 78.2 cm³/mol. The largest absolute Gasteiger partial charge is 0.352 e. The van der Waals surface area contributed by atoms with Gasteiger partial charge in [0.25, 0.3) is 5.91 Å². The summed E-state index contributed by atoms with van der Waals surface area (Å²) in [7, 11) is 0. The van der Waals surface area contributed by atoms with Gasteiger partial charge in [0.05, 0.1) is 5.56 Å². The van der Waals surface area contributed by atoms with Crippen LogP contribution in [0, 0.1) is 5.82 Å². The monoisotopic (exact) mass is 271 g/mol. The summed E-state index contributed by atoms with van der Waals surface area (Å²) in [6, 6.07) is 16.2. The molecule has 104 valence electrons. The fraction of sp³-hybridized carbons (Fsp3) is 0.235. The maximum absolute atomic E-state index is 13.4. The van der Waals surface area contributed by atoms with Crippen LogP contribution in [0.5, 0.6) is 0 Å². The van der Waals surface area contributed by atoms with Crippen molar-refractivity contribution in [3.05, 3.63) is 71.5 Å². The molecule has 1 atom stereocenters. The van der Waals surface area contributed by atoms with Crippen molar-refractivity contribution in [2.24, 2.45) is 0 Å². The first-order chi connectivity index (χ1) is 9.68. The van der Waals surface area contributed by atoms with Crippen LogP contribution in [0.1, 0.15) is 35.2 Å². The topological polar surface area (TPSA) is 29.1 Å². The van der Waals surface area contributed by atoms with Gasteiger partial charge in [-0.15, -0.1) is 0 Å². The van der Waals surface area contributed by atoms with Crippen LogP contribution in [0.25, 0.3) is 0 Å². The van der Waals surface area contributed by atoms with Crippen molar-refractivity contribution < 1.29 is 9.18 Å². The van der Waals surface area contributed by atoms with E-state index in [1.165, 1.54) is 17.7 Å². The lowest BCUT2D eigenvalue weighted by Crippen LogP contribution is -2.26. The molecule has 2 aromatic carbocycles. The van der Waals surface area contributed by atoms with Gasteiger partial charge < -0.3 is 5.32 Å². The summed E-state index contributed by atoms with van der Waals surface area (Å²) >= 11 is 0. The summed E-state index contributed by atoms with van der Waals surface area (Å²) < 4.78 is 13.4. The second-order valence-corrected chi connectivity index (χ2v) is 4.84. The van der Waals surface area contributed by atoms with Gasteiger partial charge >= 0.3 is 0 Å². The van der Waals surface area contributed by atoms with Crippen molar-refractivity contribution in [1.82, 2.24) is 5.32 Å². The first-order valence-electron chi connectivity index (χ1n) is 6.76. The molecular formula is C17H18FNO. The van der Waals surface area contributed by atoms with Crippen molar-refractivity contribution in [3.63, 3.8) is 0 Å². The molecule has 2 aromatic rings. The average molecular weight is 271 g/mol. The predicted octanol–water partition coefficient (Wildman–Crippen LogP) is 3.75. The summed E-state index contributed by atoms with van der Waals surface area (Å²) in [6.45, 7) is 2.65. The molecule has 0 aliphatic carbocycles. The van der Waals surface area contributed by atoms with E-state index < -0.39 is 5.82 Å². The van der Waals surface area contributed by atoms with Crippen LogP contribution in [0.3, 0.4) is 0 Å². The minimum Gasteiger partial charge on any atom is -0.352 e. The number of benzene rings is 2. The van der Waals surface area contributed by atoms with Crippen LogP contribution in [0.15, 0.2) is 54.6 Å². The number of halogens is 1. The average Bonchev–Trinajstić information content (AvgIpc) is 2.48. The van der Waals surface area contributed by atoms with E-state index >= 15 is 0 Å². The molecule has 0 saturated heterocycles. The molecule has 0 radical (unpaired) electrons. The van der Waals surface area contributed by atoms with E-state index in [1.807, 2.05) is 18.2 Å². The molecule has 1 unspecified atom stereocenters. The molecule has 2 nitrogen and oxygen atoms in total. The lowest BCUT2D eigenvalue weighted by atomic mass is 9.98. The van der Waals surface area contributed by atoms with Gasteiger partial charge in [0.2, 0.25) is 0 Å². The highest BCUT2D eigenvalue weighted by molar-refractivity contribution is 5.94. The Hall–Kier alpha value is -2.16. The Balaban J connectivity index is 1.84. The molecule has 1 N–H and O–H groups in total. The number of rotatable bonds is 5. The van der Waals surface area contributed by atoms with Gasteiger partial charge in [0.15, 0.2) is 0 Å². The van der Waals surface area contributed by atoms with Crippen LogP contribution >= 0.6 is 0 Å². The van der Waals surface area contributed by atoms with Gasteiger partial charge in [-0.25, -0.2) is 4.39 Å². The molecule has 0 aliphatic heterocycles. The van der Waals surface area contributed by atoms with E-state index in [0.717, 1.165) is 6.42 Å². The van der Waals surface area contributed by atoms with Crippen molar-refractivity contribution in [3.8, 4) is 0 Å². The second kappa shape index (κ2) is 6.85. The van der Waals surface area contributed by atoms with Crippen LogP contribution in [-0.2, 0) is 0 Å². The smallest absolute Gasteiger partial charge is 0.254 e. The summed E-state index contributed by atoms with van der Waals surface area (Å²) in [5.41, 5.74) is 1.34. The molecule has 0 aromatic heterocycles. The highest BCUT2D eigenvalue weighted by Gasteiger charge is 2.11. The first kappa shape index (κ1) is 14.3. The van der Waals surface area contributed by atoms with E-state index in [1.54, 1.807) is 12.1 Å². The lowest BCUT2D eigenvalue weighted by Gasteiger charge is -2.12. The Morgan fingerprint density at radius 1 is 1.10 bits per heavy atom. The van der Waals surface area contributed by atoms with Gasteiger partial charge in [0.1, 0.15) is 5.82 Å². The number of hydrogen-bond acceptors (Lipinski definition) is 1. The second-order valence-electron chi connectivity index (χ2n) is 4.84. The number of amides is 1. The number of hydrogen-bond donors (Lipinski definition) is 1. The number of carbonyl (C=O) groups excluding carboxylic acids is 1. The molecule has 0 saturated carbocycles. The van der Waals surface area contributed by atoms with Gasteiger partial charge in [-0.3, -0.25) is 4.79 Å². The zero-order valence-corrected chi connectivity index (χ0v) is 11.5. The van der Waals surface area contributed by atoms with Crippen LogP contribution < -0.4 is 5.32 Å². The Bertz CT molecular complexity index is 568. The molecule has 20 heavy (non-hydrogen) atoms. The maximum atomic E-state index is 13.4. The molecule has 2 rings (SSSR count). The summed E-state index contributed by atoms with van der Waals surface area (Å²) in [5, 5.41) is 2.76. The van der Waals surface area contributed by atoms with Crippen molar-refractivity contribution in [2.75, 3.05) is 6.54 Å². The Kier molecular flexibility index (Phi) is 4.88. The highest BCUT2D eigenvalue weighted by atomic mass is 19.1. The maximum Gasteiger partial charge on any atom is 0.254 e. The Morgan fingerprint density at radius 3 is 2.45 bits per heavy atom. The Labute approximate surface area is 118 Å². The van der Waals surface area contributed by atoms with E-state index in [4.69, 9.17) is 0 Å². The molecule has 0 spiro atoms. The van der Waals surface area contributed by atoms with Gasteiger partial charge in [-0.1, -0.05) is 49.4 Å². The third-order valence-electron chi connectivity index (χ3n) is 3.35. The van der Waals surface area contributed by atoms with E-state index in [-0.39, 0.29) is 11.5 Å². The highest BCUT2D eigenvalue weighted by Crippen LogP contribution is 2.17. The molecule has 3 heteroatoms. The van der Waals surface area contributed by atoms with Crippen molar-refractivity contribution >= 4 is 5.91 Å².